The fourth-order valence-corrected chi connectivity index (χ4v) is 2.88. The molecule has 27 heavy (non-hydrogen) atoms. The fraction of sp³-hybridized carbons (Fsp3) is 0.250. The topological polar surface area (TPSA) is 99.0 Å². The number of anilines is 2. The number of benzene rings is 1. The molecule has 2 heterocycles. The molecule has 0 radical (unpaired) electrons. The lowest BCUT2D eigenvalue weighted by molar-refractivity contribution is -0.384. The summed E-state index contributed by atoms with van der Waals surface area (Å²) in [7, 11) is 0. The van der Waals surface area contributed by atoms with Gasteiger partial charge >= 0.3 is 5.69 Å². The van der Waals surface area contributed by atoms with Crippen LogP contribution >= 0.6 is 0 Å². The summed E-state index contributed by atoms with van der Waals surface area (Å²) < 4.78 is 2.16. The van der Waals surface area contributed by atoms with Crippen molar-refractivity contribution in [2.45, 2.75) is 26.3 Å². The highest BCUT2D eigenvalue weighted by Crippen LogP contribution is 2.22. The largest absolute Gasteiger partial charge is 0.378 e. The van der Waals surface area contributed by atoms with Gasteiger partial charge in [0, 0.05) is 31.5 Å². The number of aromatic nitrogens is 2. The van der Waals surface area contributed by atoms with Gasteiger partial charge in [0.1, 0.15) is 5.82 Å². The first-order chi connectivity index (χ1) is 13.1. The average molecular weight is 365 g/mol. The second-order valence-electron chi connectivity index (χ2n) is 6.33. The van der Waals surface area contributed by atoms with Crippen molar-refractivity contribution >= 4 is 17.3 Å². The number of pyridine rings is 1. The molecule has 7 nitrogen and oxygen atoms in total. The minimum Gasteiger partial charge on any atom is -0.378 e. The number of nitrogens with one attached hydrogen (secondary N) is 1. The van der Waals surface area contributed by atoms with E-state index in [-0.39, 0.29) is 11.5 Å². The molecule has 0 aliphatic heterocycles. The average Bonchev–Trinajstić information content (AvgIpc) is 3.14. The van der Waals surface area contributed by atoms with E-state index in [0.717, 1.165) is 19.4 Å². The molecular formula is C20H23N5O2. The van der Waals surface area contributed by atoms with Crippen molar-refractivity contribution in [3.05, 3.63) is 70.5 Å². The van der Waals surface area contributed by atoms with Gasteiger partial charge in [0.2, 0.25) is 5.82 Å². The molecule has 0 aliphatic carbocycles. The number of aryl methyl sites for hydroxylation is 2. The van der Waals surface area contributed by atoms with Crippen LogP contribution in [0.15, 0.2) is 54.9 Å². The van der Waals surface area contributed by atoms with Gasteiger partial charge in [-0.15, -0.1) is 0 Å². The molecule has 0 atom stereocenters. The van der Waals surface area contributed by atoms with Gasteiger partial charge in [-0.2, -0.15) is 0 Å². The third kappa shape index (κ3) is 4.63. The van der Waals surface area contributed by atoms with E-state index < -0.39 is 4.92 Å². The number of nitrogens with zero attached hydrogens (tertiary/aromatic N) is 3. The Balaban J connectivity index is 1.50. The molecule has 140 valence electrons. The predicted octanol–water partition coefficient (Wildman–Crippen LogP) is 4.11. The van der Waals surface area contributed by atoms with Gasteiger partial charge in [0.15, 0.2) is 0 Å². The number of hydrogen-bond acceptors (Lipinski definition) is 5. The monoisotopic (exact) mass is 365 g/mol. The van der Waals surface area contributed by atoms with E-state index in [2.05, 4.69) is 64.5 Å². The van der Waals surface area contributed by atoms with Gasteiger partial charge < -0.3 is 15.6 Å². The zero-order chi connectivity index (χ0) is 19.2. The van der Waals surface area contributed by atoms with Gasteiger partial charge in [-0.3, -0.25) is 10.1 Å². The third-order valence-corrected chi connectivity index (χ3v) is 4.44. The molecule has 7 heteroatoms. The number of nitrogens with two attached hydrogens (primary N) is 1. The van der Waals surface area contributed by atoms with E-state index in [4.69, 9.17) is 5.73 Å². The quantitative estimate of drug-likeness (QED) is 0.356. The molecule has 0 bridgehead atoms. The standard InChI is InChI=1S/C20H23N5O2/c1-2-15-4-6-16(7-5-15)17-10-13-24(14-17)12-3-11-22-19-9-8-18(25(26)27)20(21)23-19/h4-10,13-14H,2-3,11-12H2,1H3,(H3,21,22,23). The molecule has 0 aliphatic rings. The normalized spacial score (nSPS) is 10.7. The lowest BCUT2D eigenvalue weighted by Crippen LogP contribution is -2.08. The van der Waals surface area contributed by atoms with Gasteiger partial charge in [-0.1, -0.05) is 31.2 Å². The highest BCUT2D eigenvalue weighted by atomic mass is 16.6. The molecule has 3 rings (SSSR count). The molecule has 3 N–H and O–H groups in total. The van der Waals surface area contributed by atoms with E-state index in [0.29, 0.717) is 12.4 Å². The van der Waals surface area contributed by atoms with Crippen LogP contribution in [0.2, 0.25) is 0 Å². The summed E-state index contributed by atoms with van der Waals surface area (Å²) >= 11 is 0. The maximum atomic E-state index is 10.7. The Bertz CT molecular complexity index is 918. The van der Waals surface area contributed by atoms with Crippen molar-refractivity contribution in [3.8, 4) is 11.1 Å². The van der Waals surface area contributed by atoms with Crippen LogP contribution in [0.5, 0.6) is 0 Å². The van der Waals surface area contributed by atoms with Crippen LogP contribution in [0.25, 0.3) is 11.1 Å². The van der Waals surface area contributed by atoms with Crippen molar-refractivity contribution < 1.29 is 4.92 Å². The van der Waals surface area contributed by atoms with Crippen molar-refractivity contribution in [3.63, 3.8) is 0 Å². The first-order valence-electron chi connectivity index (χ1n) is 8.96. The number of nitro groups is 1. The Morgan fingerprint density at radius 2 is 1.93 bits per heavy atom. The van der Waals surface area contributed by atoms with E-state index in [1.807, 2.05) is 0 Å². The third-order valence-electron chi connectivity index (χ3n) is 4.44. The van der Waals surface area contributed by atoms with Crippen molar-refractivity contribution in [2.24, 2.45) is 0 Å². The maximum Gasteiger partial charge on any atom is 0.311 e. The molecule has 3 aromatic rings. The van der Waals surface area contributed by atoms with Crippen LogP contribution in [-0.4, -0.2) is 21.0 Å². The zero-order valence-corrected chi connectivity index (χ0v) is 15.3. The van der Waals surface area contributed by atoms with E-state index >= 15 is 0 Å². The highest BCUT2D eigenvalue weighted by Gasteiger charge is 2.12. The summed E-state index contributed by atoms with van der Waals surface area (Å²) in [6, 6.07) is 13.7. The molecule has 0 amide bonds. The van der Waals surface area contributed by atoms with Gasteiger partial charge in [0.25, 0.3) is 0 Å². The number of nitrogen functional groups attached to an aromatic ring is 1. The molecule has 0 saturated carbocycles. The second kappa shape index (κ2) is 8.35. The first-order valence-corrected chi connectivity index (χ1v) is 8.96. The first kappa shape index (κ1) is 18.4. The van der Waals surface area contributed by atoms with Crippen molar-refractivity contribution in [1.82, 2.24) is 9.55 Å². The SMILES string of the molecule is CCc1ccc(-c2ccn(CCCNc3ccc([N+](=O)[O-])c(N)n3)c2)cc1. The van der Waals surface area contributed by atoms with Crippen LogP contribution in [-0.2, 0) is 13.0 Å². The molecule has 1 aromatic carbocycles. The van der Waals surface area contributed by atoms with Crippen LogP contribution in [0, 0.1) is 10.1 Å². The summed E-state index contributed by atoms with van der Waals surface area (Å²) in [5.74, 6) is 0.469. The molecular weight excluding hydrogens is 342 g/mol. The second-order valence-corrected chi connectivity index (χ2v) is 6.33. The Labute approximate surface area is 158 Å². The molecule has 0 spiro atoms. The van der Waals surface area contributed by atoms with Gasteiger partial charge in [0.05, 0.1) is 4.92 Å². The molecule has 0 fully saturated rings. The van der Waals surface area contributed by atoms with E-state index in [1.54, 1.807) is 6.07 Å². The van der Waals surface area contributed by atoms with Crippen molar-refractivity contribution in [1.29, 1.82) is 0 Å². The Morgan fingerprint density at radius 3 is 2.59 bits per heavy atom. The lowest BCUT2D eigenvalue weighted by Gasteiger charge is -2.07. The summed E-state index contributed by atoms with van der Waals surface area (Å²) in [5, 5.41) is 13.9. The number of hydrogen-bond donors (Lipinski definition) is 2. The van der Waals surface area contributed by atoms with Gasteiger partial charge in [-0.05, 0) is 41.7 Å². The minimum atomic E-state index is -0.536. The minimum absolute atomic E-state index is 0.0749. The van der Waals surface area contributed by atoms with Crippen LogP contribution < -0.4 is 11.1 Å². The Kier molecular flexibility index (Phi) is 5.71. The summed E-state index contributed by atoms with van der Waals surface area (Å²) in [5.41, 5.74) is 9.18. The van der Waals surface area contributed by atoms with Crippen LogP contribution in [0.4, 0.5) is 17.3 Å². The molecule has 0 saturated heterocycles. The zero-order valence-electron chi connectivity index (χ0n) is 15.3. The van der Waals surface area contributed by atoms with E-state index in [9.17, 15) is 10.1 Å². The van der Waals surface area contributed by atoms with Gasteiger partial charge in [-0.25, -0.2) is 4.98 Å². The van der Waals surface area contributed by atoms with E-state index in [1.165, 1.54) is 22.8 Å². The molecule has 0 unspecified atom stereocenters. The van der Waals surface area contributed by atoms with Crippen molar-refractivity contribution in [2.75, 3.05) is 17.6 Å². The predicted molar refractivity (Wildman–Crippen MR) is 108 cm³/mol. The maximum absolute atomic E-state index is 10.7. The highest BCUT2D eigenvalue weighted by molar-refractivity contribution is 5.63. The lowest BCUT2D eigenvalue weighted by atomic mass is 10.1. The Hall–Kier alpha value is -3.35. The van der Waals surface area contributed by atoms with Crippen LogP contribution in [0.1, 0.15) is 18.9 Å². The fourth-order valence-electron chi connectivity index (χ4n) is 2.88. The molecule has 2 aromatic heterocycles. The summed E-state index contributed by atoms with van der Waals surface area (Å²) in [4.78, 5) is 14.2. The summed E-state index contributed by atoms with van der Waals surface area (Å²) in [6.07, 6.45) is 6.15. The summed E-state index contributed by atoms with van der Waals surface area (Å²) in [6.45, 7) is 3.71. The van der Waals surface area contributed by atoms with Crippen LogP contribution in [0.3, 0.4) is 0 Å². The smallest absolute Gasteiger partial charge is 0.311 e. The Morgan fingerprint density at radius 1 is 1.15 bits per heavy atom. The number of rotatable bonds is 8.